The number of aliphatic carboxylic acids is 1. The van der Waals surface area contributed by atoms with E-state index in [2.05, 4.69) is 25.9 Å². The van der Waals surface area contributed by atoms with Gasteiger partial charge >= 0.3 is 5.97 Å². The lowest BCUT2D eigenvalue weighted by molar-refractivity contribution is -0.137. The second-order valence-corrected chi connectivity index (χ2v) is 6.51. The number of aryl methyl sites for hydroxylation is 3. The van der Waals surface area contributed by atoms with Gasteiger partial charge in [0.05, 0.1) is 42.4 Å². The van der Waals surface area contributed by atoms with E-state index in [1.807, 2.05) is 13.8 Å². The second-order valence-electron chi connectivity index (χ2n) is 6.51. The molecule has 0 unspecified atom stereocenters. The Bertz CT molecular complexity index is 1090. The predicted octanol–water partition coefficient (Wildman–Crippen LogP) is 1.12. The zero-order chi connectivity index (χ0) is 21.8. The van der Waals surface area contributed by atoms with E-state index in [0.29, 0.717) is 12.2 Å². The van der Waals surface area contributed by atoms with Crippen molar-refractivity contribution in [3.63, 3.8) is 0 Å². The van der Waals surface area contributed by atoms with Gasteiger partial charge < -0.3 is 15.7 Å². The lowest BCUT2D eigenvalue weighted by Gasteiger charge is -2.09. The molecule has 3 heterocycles. The number of hydrogen-bond donors (Lipinski definition) is 3. The van der Waals surface area contributed by atoms with Gasteiger partial charge in [0.2, 0.25) is 0 Å². The Hall–Kier alpha value is -3.96. The van der Waals surface area contributed by atoms with Crippen LogP contribution >= 0.6 is 0 Å². The molecule has 12 nitrogen and oxygen atoms in total. The highest BCUT2D eigenvalue weighted by atomic mass is 16.4. The highest BCUT2D eigenvalue weighted by molar-refractivity contribution is 6.11. The molecule has 0 saturated heterocycles. The molecule has 0 saturated carbocycles. The van der Waals surface area contributed by atoms with Gasteiger partial charge in [-0.1, -0.05) is 0 Å². The van der Waals surface area contributed by atoms with E-state index in [0.717, 1.165) is 5.69 Å². The summed E-state index contributed by atoms with van der Waals surface area (Å²) in [5, 5.41) is 26.5. The summed E-state index contributed by atoms with van der Waals surface area (Å²) in [6.07, 6.45) is 4.35. The number of nitrogens with zero attached hydrogens (tertiary/aromatic N) is 6. The van der Waals surface area contributed by atoms with Crippen LogP contribution in [0.3, 0.4) is 0 Å². The van der Waals surface area contributed by atoms with Gasteiger partial charge in [-0.3, -0.25) is 28.4 Å². The van der Waals surface area contributed by atoms with E-state index in [1.54, 1.807) is 17.9 Å². The summed E-state index contributed by atoms with van der Waals surface area (Å²) < 4.78 is 4.48. The highest BCUT2D eigenvalue weighted by Crippen LogP contribution is 2.20. The summed E-state index contributed by atoms with van der Waals surface area (Å²) >= 11 is 0. The molecule has 3 N–H and O–H groups in total. The van der Waals surface area contributed by atoms with Crippen molar-refractivity contribution in [3.8, 4) is 0 Å². The first-order valence-corrected chi connectivity index (χ1v) is 9.22. The Morgan fingerprint density at radius 3 is 2.43 bits per heavy atom. The monoisotopic (exact) mass is 414 g/mol. The molecule has 0 radical (unpaired) electrons. The smallest absolute Gasteiger partial charge is 0.305 e. The molecular weight excluding hydrogens is 392 g/mol. The Labute approximate surface area is 171 Å². The van der Waals surface area contributed by atoms with Crippen molar-refractivity contribution in [2.75, 3.05) is 10.6 Å². The van der Waals surface area contributed by atoms with E-state index < -0.39 is 17.8 Å². The number of rotatable bonds is 8. The minimum atomic E-state index is -0.956. The number of anilines is 2. The third kappa shape index (κ3) is 4.37. The summed E-state index contributed by atoms with van der Waals surface area (Å²) in [5.74, 6) is -1.93. The van der Waals surface area contributed by atoms with Crippen LogP contribution in [0.2, 0.25) is 0 Å². The fourth-order valence-electron chi connectivity index (χ4n) is 2.76. The van der Waals surface area contributed by atoms with Gasteiger partial charge in [-0.05, 0) is 19.9 Å². The Balaban J connectivity index is 1.77. The van der Waals surface area contributed by atoms with Gasteiger partial charge in [-0.15, -0.1) is 0 Å². The molecule has 2 amide bonds. The van der Waals surface area contributed by atoms with Gasteiger partial charge in [0.1, 0.15) is 5.69 Å². The Kier molecular flexibility index (Phi) is 5.95. The van der Waals surface area contributed by atoms with E-state index in [1.165, 1.54) is 27.8 Å². The molecule has 0 atom stereocenters. The van der Waals surface area contributed by atoms with Crippen LogP contribution in [0, 0.1) is 6.92 Å². The molecule has 158 valence electrons. The Morgan fingerprint density at radius 2 is 1.80 bits per heavy atom. The summed E-state index contributed by atoms with van der Waals surface area (Å²) in [6, 6.07) is 1.47. The van der Waals surface area contributed by atoms with Crippen LogP contribution in [0.4, 0.5) is 11.4 Å². The summed E-state index contributed by atoms with van der Waals surface area (Å²) in [7, 11) is 1.77. The third-order valence-corrected chi connectivity index (χ3v) is 4.51. The zero-order valence-corrected chi connectivity index (χ0v) is 16.8. The number of carboxylic acid groups (broad SMARTS) is 1. The maximum Gasteiger partial charge on any atom is 0.305 e. The van der Waals surface area contributed by atoms with Crippen LogP contribution in [-0.4, -0.2) is 52.2 Å². The number of carbonyl (C=O) groups excluding carboxylic acids is 2. The highest BCUT2D eigenvalue weighted by Gasteiger charge is 2.22. The topological polar surface area (TPSA) is 149 Å². The number of carbonyl (C=O) groups is 3. The molecule has 0 aliphatic rings. The first kappa shape index (κ1) is 20.8. The molecule has 0 aromatic carbocycles. The minimum absolute atomic E-state index is 0.0964. The maximum absolute atomic E-state index is 12.9. The SMILES string of the molecule is CCn1ncc(NC(=O)c2ccn(CCC(=O)O)n2)c1C(=O)Nc1cnn(C)c1C. The van der Waals surface area contributed by atoms with Crippen molar-refractivity contribution in [2.24, 2.45) is 7.05 Å². The molecule has 0 aliphatic carbocycles. The molecule has 12 heteroatoms. The van der Waals surface area contributed by atoms with Crippen LogP contribution < -0.4 is 10.6 Å². The standard InChI is InChI=1S/C18H22N8O4/c1-4-26-16(18(30)21-13-9-19-24(3)11(13)2)14(10-20-26)22-17(29)12-5-7-25(23-12)8-6-15(27)28/h5,7,9-10H,4,6,8H2,1-3H3,(H,21,30)(H,22,29)(H,27,28). The molecule has 0 fully saturated rings. The van der Waals surface area contributed by atoms with Crippen LogP contribution in [0.1, 0.15) is 40.0 Å². The van der Waals surface area contributed by atoms with Crippen molar-refractivity contribution in [1.29, 1.82) is 0 Å². The number of amides is 2. The first-order chi connectivity index (χ1) is 14.3. The van der Waals surface area contributed by atoms with E-state index in [9.17, 15) is 14.4 Å². The molecule has 0 aliphatic heterocycles. The van der Waals surface area contributed by atoms with Gasteiger partial charge in [0.25, 0.3) is 11.8 Å². The van der Waals surface area contributed by atoms with E-state index in [-0.39, 0.29) is 30.0 Å². The summed E-state index contributed by atoms with van der Waals surface area (Å²) in [6.45, 7) is 4.22. The third-order valence-electron chi connectivity index (χ3n) is 4.51. The van der Waals surface area contributed by atoms with Crippen molar-refractivity contribution >= 4 is 29.2 Å². The van der Waals surface area contributed by atoms with E-state index in [4.69, 9.17) is 5.11 Å². The van der Waals surface area contributed by atoms with Crippen LogP contribution in [-0.2, 0) is 24.9 Å². The lowest BCUT2D eigenvalue weighted by Crippen LogP contribution is -2.21. The predicted molar refractivity (Wildman–Crippen MR) is 106 cm³/mol. The van der Waals surface area contributed by atoms with Crippen LogP contribution in [0.25, 0.3) is 0 Å². The van der Waals surface area contributed by atoms with Gasteiger partial charge in [0.15, 0.2) is 5.69 Å². The average Bonchev–Trinajstić information content (AvgIpc) is 3.41. The van der Waals surface area contributed by atoms with Gasteiger partial charge in [0, 0.05) is 19.8 Å². The van der Waals surface area contributed by atoms with Crippen molar-refractivity contribution in [2.45, 2.75) is 33.4 Å². The minimum Gasteiger partial charge on any atom is -0.481 e. The van der Waals surface area contributed by atoms with Crippen LogP contribution in [0.5, 0.6) is 0 Å². The first-order valence-electron chi connectivity index (χ1n) is 9.22. The fraction of sp³-hybridized carbons (Fsp3) is 0.333. The van der Waals surface area contributed by atoms with Gasteiger partial charge in [-0.2, -0.15) is 15.3 Å². The molecule has 0 spiro atoms. The molecule has 0 bridgehead atoms. The van der Waals surface area contributed by atoms with Crippen molar-refractivity contribution in [3.05, 3.63) is 41.7 Å². The quantitative estimate of drug-likeness (QED) is 0.500. The maximum atomic E-state index is 12.9. The van der Waals surface area contributed by atoms with E-state index >= 15 is 0 Å². The molecule has 3 rings (SSSR count). The normalized spacial score (nSPS) is 10.8. The molecule has 3 aromatic heterocycles. The molecule has 3 aromatic rings. The molecule has 30 heavy (non-hydrogen) atoms. The average molecular weight is 414 g/mol. The zero-order valence-electron chi connectivity index (χ0n) is 16.8. The largest absolute Gasteiger partial charge is 0.481 e. The number of nitrogens with one attached hydrogen (secondary N) is 2. The fourth-order valence-corrected chi connectivity index (χ4v) is 2.76. The Morgan fingerprint density at radius 1 is 1.10 bits per heavy atom. The number of aromatic nitrogens is 6. The second kappa shape index (κ2) is 8.59. The lowest BCUT2D eigenvalue weighted by atomic mass is 10.3. The number of carboxylic acids is 1. The molecular formula is C18H22N8O4. The summed E-state index contributed by atoms with van der Waals surface area (Å²) in [5.41, 5.74) is 1.86. The van der Waals surface area contributed by atoms with Crippen molar-refractivity contribution in [1.82, 2.24) is 29.3 Å². The van der Waals surface area contributed by atoms with Crippen LogP contribution in [0.15, 0.2) is 24.7 Å². The van der Waals surface area contributed by atoms with Crippen molar-refractivity contribution < 1.29 is 19.5 Å². The number of hydrogen-bond acceptors (Lipinski definition) is 6. The summed E-state index contributed by atoms with van der Waals surface area (Å²) in [4.78, 5) is 36.1. The van der Waals surface area contributed by atoms with Gasteiger partial charge in [-0.25, -0.2) is 0 Å².